The maximum Gasteiger partial charge on any atom is 0.162 e. The second-order valence-electron chi connectivity index (χ2n) is 11.6. The maximum atomic E-state index is 11.7. The summed E-state index contributed by atoms with van der Waals surface area (Å²) in [5.41, 5.74) is 2.96. The molecular formula is C35H42IrNO3Si-. The summed E-state index contributed by atoms with van der Waals surface area (Å²) in [6, 6.07) is 22.2. The third-order valence-corrected chi connectivity index (χ3v) is 10.0. The molecule has 3 aromatic carbocycles. The van der Waals surface area contributed by atoms with Gasteiger partial charge in [0.05, 0.1) is 25.1 Å². The van der Waals surface area contributed by atoms with Gasteiger partial charge < -0.3 is 9.84 Å². The zero-order valence-corrected chi connectivity index (χ0v) is 28.7. The fraction of sp³-hybridized carbons (Fsp3) is 0.371. The van der Waals surface area contributed by atoms with Gasteiger partial charge in [-0.2, -0.15) is 0 Å². The molecule has 1 aliphatic rings. The number of benzene rings is 3. The van der Waals surface area contributed by atoms with Crippen molar-refractivity contribution in [2.45, 2.75) is 73.0 Å². The molecule has 41 heavy (non-hydrogen) atoms. The number of carbonyl (C=O) groups is 1. The van der Waals surface area contributed by atoms with Gasteiger partial charge in [-0.3, -0.25) is 9.78 Å². The van der Waals surface area contributed by atoms with Crippen LogP contribution < -0.4 is 9.92 Å². The van der Waals surface area contributed by atoms with Crippen molar-refractivity contribution in [3.8, 4) is 22.8 Å². The van der Waals surface area contributed by atoms with E-state index >= 15 is 0 Å². The van der Waals surface area contributed by atoms with Gasteiger partial charge in [0.2, 0.25) is 0 Å². The van der Waals surface area contributed by atoms with Crippen molar-refractivity contribution in [2.75, 3.05) is 0 Å². The Bertz CT molecular complexity index is 1540. The Hall–Kier alpha value is -2.79. The Morgan fingerprint density at radius 3 is 2.24 bits per heavy atom. The Labute approximate surface area is 259 Å². The van der Waals surface area contributed by atoms with Gasteiger partial charge in [0.15, 0.2) is 5.78 Å². The fourth-order valence-corrected chi connectivity index (χ4v) is 7.10. The summed E-state index contributed by atoms with van der Waals surface area (Å²) < 4.78 is 6.26. The van der Waals surface area contributed by atoms with E-state index < -0.39 is 8.07 Å². The minimum Gasteiger partial charge on any atom is -0.512 e. The standard InChI is InChI=1S/C22H18NOSi.C13H24O2.Ir/c1-25(2,3)20-12-6-10-17-16(20)13-19-22(23-17)15-9-4-7-14-8-5-11-18(24-19)21(14)15;1-5-10(6-2)12(14)9-13(15)11(7-3)8-4;/h4-8,10-13H,1-3H3;9-11,14H,5-8H2,1-4H3;/q-1;;/b;12-9-;. The van der Waals surface area contributed by atoms with Crippen molar-refractivity contribution >= 4 is 40.7 Å². The zero-order valence-electron chi connectivity index (χ0n) is 25.3. The number of carbonyl (C=O) groups excluding carboxylic acids is 1. The molecule has 0 fully saturated rings. The van der Waals surface area contributed by atoms with Gasteiger partial charge in [-0.05, 0) is 43.9 Å². The average molecular weight is 745 g/mol. The molecule has 1 aliphatic heterocycles. The smallest absolute Gasteiger partial charge is 0.162 e. The number of allylic oxidation sites excluding steroid dienone is 2. The van der Waals surface area contributed by atoms with Crippen molar-refractivity contribution in [1.82, 2.24) is 4.98 Å². The number of pyridine rings is 1. The summed E-state index contributed by atoms with van der Waals surface area (Å²) in [4.78, 5) is 16.7. The third-order valence-electron chi connectivity index (χ3n) is 7.97. The van der Waals surface area contributed by atoms with Gasteiger partial charge >= 0.3 is 0 Å². The first-order valence-electron chi connectivity index (χ1n) is 14.6. The summed E-state index contributed by atoms with van der Waals surface area (Å²) in [7, 11) is -1.47. The van der Waals surface area contributed by atoms with Crippen molar-refractivity contribution in [2.24, 2.45) is 11.8 Å². The van der Waals surface area contributed by atoms with Gasteiger partial charge in [-0.25, -0.2) is 0 Å². The van der Waals surface area contributed by atoms with Gasteiger partial charge in [-0.15, -0.1) is 23.8 Å². The molecule has 0 bridgehead atoms. The number of aliphatic hydroxyl groups is 1. The first kappa shape index (κ1) is 32.7. The molecule has 0 atom stereocenters. The second-order valence-corrected chi connectivity index (χ2v) is 16.7. The van der Waals surface area contributed by atoms with Crippen LogP contribution >= 0.6 is 0 Å². The number of aromatic nitrogens is 1. The molecular weight excluding hydrogens is 703 g/mol. The first-order chi connectivity index (χ1) is 19.1. The number of hydrogen-bond donors (Lipinski definition) is 1. The van der Waals surface area contributed by atoms with Crippen LogP contribution in [0, 0.1) is 17.9 Å². The Balaban J connectivity index is 0.000000253. The van der Waals surface area contributed by atoms with Gasteiger partial charge in [0.1, 0.15) is 5.75 Å². The van der Waals surface area contributed by atoms with E-state index in [2.05, 4.69) is 62.1 Å². The van der Waals surface area contributed by atoms with Crippen molar-refractivity contribution < 1.29 is 34.7 Å². The van der Waals surface area contributed by atoms with Crippen LogP contribution in [0.1, 0.15) is 53.4 Å². The number of hydrogen-bond acceptors (Lipinski definition) is 4. The Kier molecular flexibility index (Phi) is 11.1. The molecule has 1 N–H and O–H groups in total. The van der Waals surface area contributed by atoms with E-state index in [9.17, 15) is 9.90 Å². The van der Waals surface area contributed by atoms with E-state index in [0.717, 1.165) is 64.7 Å². The quantitative estimate of drug-likeness (QED) is 0.0745. The average Bonchev–Trinajstić information content (AvgIpc) is 2.93. The molecule has 0 unspecified atom stereocenters. The summed E-state index contributed by atoms with van der Waals surface area (Å²) in [5.74, 6) is 2.27. The number of ether oxygens (including phenoxy) is 1. The number of fused-ring (bicyclic) bond motifs is 3. The molecule has 5 rings (SSSR count). The predicted molar refractivity (Wildman–Crippen MR) is 170 cm³/mol. The normalized spacial score (nSPS) is 12.5. The molecule has 219 valence electrons. The second kappa shape index (κ2) is 13.9. The van der Waals surface area contributed by atoms with Crippen LogP contribution in [-0.4, -0.2) is 23.9 Å². The van der Waals surface area contributed by atoms with Crippen LogP contribution in [0.15, 0.2) is 66.4 Å². The van der Waals surface area contributed by atoms with Crippen molar-refractivity contribution in [3.05, 3.63) is 72.5 Å². The summed E-state index contributed by atoms with van der Waals surface area (Å²) in [5, 5.41) is 14.7. The number of rotatable bonds is 8. The summed E-state index contributed by atoms with van der Waals surface area (Å²) >= 11 is 0. The molecule has 1 aromatic heterocycles. The third kappa shape index (κ3) is 6.99. The predicted octanol–water partition coefficient (Wildman–Crippen LogP) is 9.37. The number of aliphatic hydroxyl groups excluding tert-OH is 1. The molecule has 0 aliphatic carbocycles. The summed E-state index contributed by atoms with van der Waals surface area (Å²) in [6.45, 7) is 15.2. The van der Waals surface area contributed by atoms with Crippen LogP contribution in [0.2, 0.25) is 19.6 Å². The molecule has 0 saturated carbocycles. The molecule has 4 aromatic rings. The topological polar surface area (TPSA) is 59.4 Å². The van der Waals surface area contributed by atoms with Gasteiger partial charge in [0.25, 0.3) is 0 Å². The molecule has 2 heterocycles. The summed E-state index contributed by atoms with van der Waals surface area (Å²) in [6.07, 6.45) is 4.91. The van der Waals surface area contributed by atoms with Crippen LogP contribution in [0.4, 0.5) is 0 Å². The largest absolute Gasteiger partial charge is 0.512 e. The molecule has 1 radical (unpaired) electrons. The fourth-order valence-electron chi connectivity index (χ4n) is 5.50. The SMILES string of the molecule is CCC(CC)C(=O)/C=C(\O)C(CC)CC.C[Si](C)(C)c1cccc2nc3c(cc12)Oc1cccc2cc[c-]c-3c12.[Ir]. The Morgan fingerprint density at radius 2 is 1.61 bits per heavy atom. The zero-order chi connectivity index (χ0) is 29.0. The molecule has 0 saturated heterocycles. The van der Waals surface area contributed by atoms with E-state index in [1.165, 1.54) is 16.6 Å². The van der Waals surface area contributed by atoms with E-state index in [1.807, 2.05) is 45.9 Å². The molecule has 0 amide bonds. The van der Waals surface area contributed by atoms with Crippen molar-refractivity contribution in [1.29, 1.82) is 0 Å². The minimum absolute atomic E-state index is 0. The maximum absolute atomic E-state index is 11.7. The van der Waals surface area contributed by atoms with E-state index in [0.29, 0.717) is 0 Å². The van der Waals surface area contributed by atoms with Crippen LogP contribution in [-0.2, 0) is 24.9 Å². The molecule has 4 nitrogen and oxygen atoms in total. The van der Waals surface area contributed by atoms with E-state index in [-0.39, 0.29) is 43.5 Å². The molecule has 0 spiro atoms. The van der Waals surface area contributed by atoms with Gasteiger partial charge in [-0.1, -0.05) is 87.6 Å². The minimum atomic E-state index is -1.47. The van der Waals surface area contributed by atoms with Crippen LogP contribution in [0.3, 0.4) is 0 Å². The van der Waals surface area contributed by atoms with Crippen molar-refractivity contribution in [3.63, 3.8) is 0 Å². The van der Waals surface area contributed by atoms with Gasteiger partial charge in [0, 0.05) is 49.1 Å². The van der Waals surface area contributed by atoms with Crippen LogP contribution in [0.5, 0.6) is 11.5 Å². The first-order valence-corrected chi connectivity index (χ1v) is 18.1. The van der Waals surface area contributed by atoms with E-state index in [1.54, 1.807) is 0 Å². The van der Waals surface area contributed by atoms with Crippen LogP contribution in [0.25, 0.3) is 32.9 Å². The number of ketones is 1. The number of nitrogens with zero attached hydrogens (tertiary/aromatic N) is 1. The monoisotopic (exact) mass is 745 g/mol. The van der Waals surface area contributed by atoms with E-state index in [4.69, 9.17) is 9.72 Å². The Morgan fingerprint density at radius 1 is 0.951 bits per heavy atom. The molecule has 6 heteroatoms.